The van der Waals surface area contributed by atoms with Crippen LogP contribution in [0.3, 0.4) is 0 Å². The van der Waals surface area contributed by atoms with Gasteiger partial charge >= 0.3 is 12.0 Å². The molecule has 24 heavy (non-hydrogen) atoms. The van der Waals surface area contributed by atoms with E-state index in [2.05, 4.69) is 11.2 Å². The van der Waals surface area contributed by atoms with Crippen molar-refractivity contribution in [2.45, 2.75) is 38.6 Å². The van der Waals surface area contributed by atoms with E-state index >= 15 is 0 Å². The molecule has 0 N–H and O–H groups in total. The lowest BCUT2D eigenvalue weighted by Gasteiger charge is -2.33. The van der Waals surface area contributed by atoms with Crippen molar-refractivity contribution >= 4 is 23.7 Å². The predicted molar refractivity (Wildman–Crippen MR) is 92.1 cm³/mol. The van der Waals surface area contributed by atoms with Crippen LogP contribution in [0.1, 0.15) is 32.6 Å². The number of guanidine groups is 1. The molecule has 1 unspecified atom stereocenters. The third kappa shape index (κ3) is 2.72. The Morgan fingerprint density at radius 3 is 2.38 bits per heavy atom. The van der Waals surface area contributed by atoms with Crippen molar-refractivity contribution in [3.8, 4) is 0 Å². The van der Waals surface area contributed by atoms with E-state index < -0.39 is 6.04 Å². The fraction of sp³-hybridized carbons (Fsp3) is 0.647. The molecule has 0 aromatic heterocycles. The highest BCUT2D eigenvalue weighted by atomic mass is 16.2. The van der Waals surface area contributed by atoms with Gasteiger partial charge < -0.3 is 0 Å². The average molecular weight is 332 g/mol. The lowest BCUT2D eigenvalue weighted by atomic mass is 10.1. The second-order valence-electron chi connectivity index (χ2n) is 6.90. The molecule has 3 heterocycles. The number of urea groups is 1. The van der Waals surface area contributed by atoms with Gasteiger partial charge in [0.15, 0.2) is 0 Å². The van der Waals surface area contributed by atoms with E-state index in [0.29, 0.717) is 12.4 Å². The van der Waals surface area contributed by atoms with Gasteiger partial charge in [0.25, 0.3) is 5.91 Å². The molecule has 130 valence electrons. The van der Waals surface area contributed by atoms with Crippen LogP contribution in [0, 0.1) is 0 Å². The van der Waals surface area contributed by atoms with Gasteiger partial charge in [-0.25, -0.2) is 9.69 Å². The van der Waals surface area contributed by atoms with Gasteiger partial charge in [-0.2, -0.15) is 0 Å². The van der Waals surface area contributed by atoms with Gasteiger partial charge in [0, 0.05) is 14.1 Å². The van der Waals surface area contributed by atoms with Crippen LogP contribution in [0.5, 0.6) is 0 Å². The third-order valence-electron chi connectivity index (χ3n) is 4.84. The van der Waals surface area contributed by atoms with Crippen LogP contribution >= 0.6 is 0 Å². The summed E-state index contributed by atoms with van der Waals surface area (Å²) in [5, 5.41) is 0. The SMILES string of the molecule is C=C(C)CN1C(=[N+]2CCCCCC2)N=C2C1C(=O)N(C)C(=O)N2C. The molecule has 3 aliphatic heterocycles. The van der Waals surface area contributed by atoms with E-state index in [4.69, 9.17) is 4.99 Å². The first kappa shape index (κ1) is 16.7. The lowest BCUT2D eigenvalue weighted by molar-refractivity contribution is -0.531. The van der Waals surface area contributed by atoms with E-state index in [-0.39, 0.29) is 11.9 Å². The van der Waals surface area contributed by atoms with Gasteiger partial charge in [-0.15, -0.1) is 0 Å². The van der Waals surface area contributed by atoms with Crippen molar-refractivity contribution in [2.75, 3.05) is 33.7 Å². The Morgan fingerprint density at radius 1 is 1.17 bits per heavy atom. The minimum atomic E-state index is -0.535. The van der Waals surface area contributed by atoms with Crippen molar-refractivity contribution in [3.05, 3.63) is 12.2 Å². The number of aliphatic imine (C=N–C) groups is 1. The highest BCUT2D eigenvalue weighted by Gasteiger charge is 2.55. The quantitative estimate of drug-likeness (QED) is 0.562. The predicted octanol–water partition coefficient (Wildman–Crippen LogP) is 1.11. The molecule has 0 aromatic rings. The highest BCUT2D eigenvalue weighted by Crippen LogP contribution is 2.24. The van der Waals surface area contributed by atoms with Crippen LogP contribution in [-0.2, 0) is 4.79 Å². The highest BCUT2D eigenvalue weighted by molar-refractivity contribution is 6.25. The van der Waals surface area contributed by atoms with Gasteiger partial charge in [-0.05, 0) is 25.3 Å². The Hall–Kier alpha value is -2.18. The average Bonchev–Trinajstić information content (AvgIpc) is 2.73. The number of fused-ring (bicyclic) bond motifs is 1. The Kier molecular flexibility index (Phi) is 4.43. The molecule has 7 nitrogen and oxygen atoms in total. The summed E-state index contributed by atoms with van der Waals surface area (Å²) in [4.78, 5) is 34.4. The van der Waals surface area contributed by atoms with E-state index in [1.54, 1.807) is 7.05 Å². The summed E-state index contributed by atoms with van der Waals surface area (Å²) in [5.41, 5.74) is 0.966. The topological polar surface area (TPSA) is 59.2 Å². The number of amides is 3. The number of hydrogen-bond donors (Lipinski definition) is 0. The Morgan fingerprint density at radius 2 is 1.79 bits per heavy atom. The zero-order valence-electron chi connectivity index (χ0n) is 14.8. The number of imide groups is 1. The second-order valence-corrected chi connectivity index (χ2v) is 6.90. The normalized spacial score (nSPS) is 25.0. The van der Waals surface area contributed by atoms with Gasteiger partial charge in [-0.1, -0.05) is 24.4 Å². The summed E-state index contributed by atoms with van der Waals surface area (Å²) in [7, 11) is 3.21. The van der Waals surface area contributed by atoms with Crippen molar-refractivity contribution in [2.24, 2.45) is 4.99 Å². The number of likely N-dealkylation sites (N-methyl/N-ethyl adjacent to an activating group) is 2. The maximum absolute atomic E-state index is 12.7. The Balaban J connectivity index is 2.06. The van der Waals surface area contributed by atoms with Crippen LogP contribution in [0.2, 0.25) is 0 Å². The first-order valence-electron chi connectivity index (χ1n) is 8.58. The van der Waals surface area contributed by atoms with Gasteiger partial charge in [-0.3, -0.25) is 19.2 Å². The van der Waals surface area contributed by atoms with Crippen LogP contribution < -0.4 is 0 Å². The van der Waals surface area contributed by atoms with Crippen LogP contribution in [0.4, 0.5) is 4.79 Å². The van der Waals surface area contributed by atoms with Crippen molar-refractivity contribution in [1.29, 1.82) is 0 Å². The molecule has 7 heteroatoms. The van der Waals surface area contributed by atoms with Crippen LogP contribution in [-0.4, -0.2) is 82.8 Å². The third-order valence-corrected chi connectivity index (χ3v) is 4.84. The summed E-state index contributed by atoms with van der Waals surface area (Å²) in [6.45, 7) is 8.39. The Bertz CT molecular complexity index is 641. The molecule has 2 saturated heterocycles. The molecule has 3 amide bonds. The van der Waals surface area contributed by atoms with E-state index in [1.807, 2.05) is 11.8 Å². The van der Waals surface area contributed by atoms with Crippen molar-refractivity contribution in [3.63, 3.8) is 0 Å². The monoisotopic (exact) mass is 332 g/mol. The summed E-state index contributed by atoms with van der Waals surface area (Å²) < 4.78 is 2.26. The smallest absolute Gasteiger partial charge is 0.270 e. The summed E-state index contributed by atoms with van der Waals surface area (Å²) in [6.07, 6.45) is 4.71. The lowest BCUT2D eigenvalue weighted by Crippen LogP contribution is -2.63. The van der Waals surface area contributed by atoms with E-state index in [9.17, 15) is 9.59 Å². The first-order chi connectivity index (χ1) is 11.4. The Labute approximate surface area is 142 Å². The molecule has 3 aliphatic rings. The summed E-state index contributed by atoms with van der Waals surface area (Å²) in [6, 6.07) is -0.866. The molecule has 0 radical (unpaired) electrons. The van der Waals surface area contributed by atoms with Crippen LogP contribution in [0.25, 0.3) is 0 Å². The number of rotatable bonds is 2. The molecule has 0 spiro atoms. The maximum atomic E-state index is 12.7. The number of amidine groups is 1. The fourth-order valence-electron chi connectivity index (χ4n) is 3.56. The van der Waals surface area contributed by atoms with Crippen LogP contribution in [0.15, 0.2) is 17.1 Å². The molecular formula is C17H26N5O2+. The van der Waals surface area contributed by atoms with Crippen molar-refractivity contribution in [1.82, 2.24) is 14.7 Å². The zero-order valence-corrected chi connectivity index (χ0v) is 14.8. The molecule has 0 saturated carbocycles. The fourth-order valence-corrected chi connectivity index (χ4v) is 3.56. The summed E-state index contributed by atoms with van der Waals surface area (Å²) >= 11 is 0. The molecule has 0 aromatic carbocycles. The number of carbonyl (C=O) groups excluding carboxylic acids is 2. The molecular weight excluding hydrogens is 306 g/mol. The minimum Gasteiger partial charge on any atom is -0.270 e. The first-order valence-corrected chi connectivity index (χ1v) is 8.58. The molecule has 1 atom stereocenters. The standard InChI is InChI=1S/C17H26N5O2/c1-12(2)11-22-13-14(19(3)17(24)20(4)15(13)23)18-16(22)21-9-7-5-6-8-10-21/h13H,1,5-11H2,2-4H3/q+1. The number of carbonyl (C=O) groups is 2. The molecule has 3 rings (SSSR count). The largest absolute Gasteiger partial charge is 0.392 e. The molecule has 0 aliphatic carbocycles. The van der Waals surface area contributed by atoms with E-state index in [1.165, 1.54) is 29.7 Å². The zero-order chi connectivity index (χ0) is 17.4. The van der Waals surface area contributed by atoms with Gasteiger partial charge in [0.1, 0.15) is 0 Å². The van der Waals surface area contributed by atoms with Crippen molar-refractivity contribution < 1.29 is 14.2 Å². The molecule has 2 fully saturated rings. The van der Waals surface area contributed by atoms with Gasteiger partial charge in [0.05, 0.1) is 19.6 Å². The molecule has 0 bridgehead atoms. The van der Waals surface area contributed by atoms with E-state index in [0.717, 1.165) is 37.5 Å². The number of nitrogens with zero attached hydrogens (tertiary/aromatic N) is 5. The maximum Gasteiger partial charge on any atom is 0.392 e. The second kappa shape index (κ2) is 6.37. The number of hydrogen-bond acceptors (Lipinski definition) is 2. The minimum absolute atomic E-state index is 0.220. The van der Waals surface area contributed by atoms with Gasteiger partial charge in [0.2, 0.25) is 11.9 Å². The summed E-state index contributed by atoms with van der Waals surface area (Å²) in [5.74, 6) is 1.12.